The van der Waals surface area contributed by atoms with Gasteiger partial charge >= 0.3 is 0 Å². The smallest absolute Gasteiger partial charge is 0.243 e. The molecule has 0 unspecified atom stereocenters. The zero-order chi connectivity index (χ0) is 16.9. The molecular weight excluding hydrogens is 312 g/mol. The van der Waals surface area contributed by atoms with E-state index in [9.17, 15) is 9.59 Å². The van der Waals surface area contributed by atoms with Gasteiger partial charge in [0.25, 0.3) is 0 Å². The van der Waals surface area contributed by atoms with E-state index in [4.69, 9.17) is 9.47 Å². The van der Waals surface area contributed by atoms with Crippen molar-refractivity contribution in [2.24, 2.45) is 0 Å². The van der Waals surface area contributed by atoms with Gasteiger partial charge in [-0.1, -0.05) is 12.1 Å². The number of para-hydroxylation sites is 2. The second-order valence-electron chi connectivity index (χ2n) is 5.41. The molecule has 8 heteroatoms. The number of fused-ring (bicyclic) bond motifs is 1. The number of aromatic nitrogens is 2. The number of benzene rings is 1. The third-order valence-corrected chi connectivity index (χ3v) is 3.37. The highest BCUT2D eigenvalue weighted by Crippen LogP contribution is 2.31. The fourth-order valence-electron chi connectivity index (χ4n) is 2.30. The van der Waals surface area contributed by atoms with Gasteiger partial charge in [-0.3, -0.25) is 14.3 Å². The van der Waals surface area contributed by atoms with Gasteiger partial charge in [-0.05, 0) is 12.1 Å². The Bertz CT molecular complexity index is 743. The molecule has 1 aromatic carbocycles. The van der Waals surface area contributed by atoms with Crippen LogP contribution >= 0.6 is 0 Å². The van der Waals surface area contributed by atoms with Crippen LogP contribution in [0.4, 0.5) is 5.69 Å². The van der Waals surface area contributed by atoms with Crippen molar-refractivity contribution in [3.05, 3.63) is 36.7 Å². The molecule has 0 aliphatic carbocycles. The van der Waals surface area contributed by atoms with Crippen LogP contribution in [-0.2, 0) is 16.1 Å². The lowest BCUT2D eigenvalue weighted by Crippen LogP contribution is -2.33. The average molecular weight is 330 g/mol. The van der Waals surface area contributed by atoms with Crippen LogP contribution in [-0.4, -0.2) is 40.9 Å². The largest absolute Gasteiger partial charge is 0.486 e. The summed E-state index contributed by atoms with van der Waals surface area (Å²) in [6.07, 6.45) is 3.08. The van der Waals surface area contributed by atoms with Gasteiger partial charge in [-0.25, -0.2) is 0 Å². The quantitative estimate of drug-likeness (QED) is 0.845. The van der Waals surface area contributed by atoms with Crippen molar-refractivity contribution in [2.45, 2.75) is 19.6 Å². The minimum Gasteiger partial charge on any atom is -0.486 e. The lowest BCUT2D eigenvalue weighted by Gasteiger charge is -2.26. The number of hydrogen-bond acceptors (Lipinski definition) is 5. The van der Waals surface area contributed by atoms with Crippen molar-refractivity contribution in [2.75, 3.05) is 18.5 Å². The summed E-state index contributed by atoms with van der Waals surface area (Å²) < 4.78 is 13.2. The second kappa shape index (κ2) is 7.03. The van der Waals surface area contributed by atoms with Crippen molar-refractivity contribution in [1.29, 1.82) is 0 Å². The number of rotatable bonds is 5. The number of nitrogens with one attached hydrogen (secondary N) is 2. The highest BCUT2D eigenvalue weighted by Gasteiger charge is 2.21. The third-order valence-electron chi connectivity index (χ3n) is 3.37. The highest BCUT2D eigenvalue weighted by atomic mass is 16.6. The Morgan fingerprint density at radius 3 is 2.92 bits per heavy atom. The summed E-state index contributed by atoms with van der Waals surface area (Å²) in [7, 11) is 0. The average Bonchev–Trinajstić information content (AvgIpc) is 2.99. The van der Waals surface area contributed by atoms with E-state index in [1.54, 1.807) is 17.1 Å². The van der Waals surface area contributed by atoms with Crippen LogP contribution < -0.4 is 20.1 Å². The molecular formula is C16H18N4O4. The van der Waals surface area contributed by atoms with Crippen LogP contribution in [0.2, 0.25) is 0 Å². The van der Waals surface area contributed by atoms with Crippen LogP contribution in [0, 0.1) is 0 Å². The maximum Gasteiger partial charge on any atom is 0.243 e. The van der Waals surface area contributed by atoms with Gasteiger partial charge in [0.1, 0.15) is 6.61 Å². The van der Waals surface area contributed by atoms with E-state index in [0.29, 0.717) is 24.6 Å². The molecule has 0 bridgehead atoms. The van der Waals surface area contributed by atoms with E-state index >= 15 is 0 Å². The SMILES string of the molecule is CC(=O)NCC(=O)Nc1cnn(C[C@@H]2COc3ccccc3O2)c1. The summed E-state index contributed by atoms with van der Waals surface area (Å²) in [6, 6.07) is 7.51. The molecule has 0 saturated heterocycles. The van der Waals surface area contributed by atoms with Crippen LogP contribution in [0.25, 0.3) is 0 Å². The van der Waals surface area contributed by atoms with Crippen molar-refractivity contribution in [1.82, 2.24) is 15.1 Å². The van der Waals surface area contributed by atoms with Gasteiger partial charge in [-0.2, -0.15) is 5.10 Å². The number of nitrogens with zero attached hydrogens (tertiary/aromatic N) is 2. The summed E-state index contributed by atoms with van der Waals surface area (Å²) in [5.41, 5.74) is 0.558. The van der Waals surface area contributed by atoms with Crippen molar-refractivity contribution in [3.8, 4) is 11.5 Å². The molecule has 2 amide bonds. The first-order chi connectivity index (χ1) is 11.6. The van der Waals surface area contributed by atoms with Crippen LogP contribution in [0.3, 0.4) is 0 Å². The Labute approximate surface area is 138 Å². The Morgan fingerprint density at radius 1 is 1.33 bits per heavy atom. The second-order valence-corrected chi connectivity index (χ2v) is 5.41. The van der Waals surface area contributed by atoms with E-state index in [0.717, 1.165) is 5.75 Å². The van der Waals surface area contributed by atoms with Crippen LogP contribution in [0.1, 0.15) is 6.92 Å². The predicted octanol–water partition coefficient (Wildman–Crippen LogP) is 0.798. The van der Waals surface area contributed by atoms with Gasteiger partial charge in [-0.15, -0.1) is 0 Å². The molecule has 0 saturated carbocycles. The number of amides is 2. The van der Waals surface area contributed by atoms with Gasteiger partial charge in [0, 0.05) is 13.1 Å². The molecule has 126 valence electrons. The molecule has 1 aromatic heterocycles. The number of carbonyl (C=O) groups is 2. The Balaban J connectivity index is 1.53. The lowest BCUT2D eigenvalue weighted by molar-refractivity contribution is -0.122. The zero-order valence-corrected chi connectivity index (χ0v) is 13.2. The number of hydrogen-bond donors (Lipinski definition) is 2. The standard InChI is InChI=1S/C16H18N4O4/c1-11(21)17-7-16(22)19-12-6-18-20(8-12)9-13-10-23-14-4-2-3-5-15(14)24-13/h2-6,8,13H,7,9-10H2,1H3,(H,17,21)(H,19,22)/t13-/m1/s1. The molecule has 24 heavy (non-hydrogen) atoms. The summed E-state index contributed by atoms with van der Waals surface area (Å²) in [5.74, 6) is 0.886. The molecule has 2 heterocycles. The third kappa shape index (κ3) is 4.03. The van der Waals surface area contributed by atoms with Crippen LogP contribution in [0.15, 0.2) is 36.7 Å². The first-order valence-corrected chi connectivity index (χ1v) is 7.55. The predicted molar refractivity (Wildman–Crippen MR) is 85.9 cm³/mol. The molecule has 0 radical (unpaired) electrons. The van der Waals surface area contributed by atoms with E-state index in [1.807, 2.05) is 24.3 Å². The fourth-order valence-corrected chi connectivity index (χ4v) is 2.30. The molecule has 2 aromatic rings. The molecule has 0 spiro atoms. The van der Waals surface area contributed by atoms with Gasteiger partial charge in [0.2, 0.25) is 11.8 Å². The normalized spacial score (nSPS) is 15.6. The molecule has 1 aliphatic rings. The molecule has 0 fully saturated rings. The van der Waals surface area contributed by atoms with Gasteiger partial charge < -0.3 is 20.1 Å². The molecule has 1 atom stereocenters. The topological polar surface area (TPSA) is 94.5 Å². The minimum absolute atomic E-state index is 0.0725. The fraction of sp³-hybridized carbons (Fsp3) is 0.312. The molecule has 1 aliphatic heterocycles. The first-order valence-electron chi connectivity index (χ1n) is 7.55. The first kappa shape index (κ1) is 15.9. The maximum atomic E-state index is 11.6. The van der Waals surface area contributed by atoms with Crippen LogP contribution in [0.5, 0.6) is 11.5 Å². The van der Waals surface area contributed by atoms with Gasteiger partial charge in [0.05, 0.1) is 25.0 Å². The molecule has 3 rings (SSSR count). The van der Waals surface area contributed by atoms with Gasteiger partial charge in [0.15, 0.2) is 17.6 Å². The maximum absolute atomic E-state index is 11.6. The van der Waals surface area contributed by atoms with E-state index < -0.39 is 0 Å². The van der Waals surface area contributed by atoms with Crippen molar-refractivity contribution < 1.29 is 19.1 Å². The summed E-state index contributed by atoms with van der Waals surface area (Å²) in [5, 5.41) is 9.29. The molecule has 2 N–H and O–H groups in total. The number of anilines is 1. The zero-order valence-electron chi connectivity index (χ0n) is 13.2. The summed E-state index contributed by atoms with van der Waals surface area (Å²) >= 11 is 0. The Hall–Kier alpha value is -3.03. The van der Waals surface area contributed by atoms with E-state index in [2.05, 4.69) is 15.7 Å². The minimum atomic E-state index is -0.309. The van der Waals surface area contributed by atoms with E-state index in [1.165, 1.54) is 6.92 Å². The summed E-state index contributed by atoms with van der Waals surface area (Å²) in [4.78, 5) is 22.4. The molecule has 8 nitrogen and oxygen atoms in total. The van der Waals surface area contributed by atoms with Crippen molar-refractivity contribution >= 4 is 17.5 Å². The summed E-state index contributed by atoms with van der Waals surface area (Å²) in [6.45, 7) is 2.21. The number of carbonyl (C=O) groups excluding carboxylic acids is 2. The van der Waals surface area contributed by atoms with Crippen molar-refractivity contribution in [3.63, 3.8) is 0 Å². The Kier molecular flexibility index (Phi) is 4.64. The lowest BCUT2D eigenvalue weighted by atomic mass is 10.2. The van der Waals surface area contributed by atoms with E-state index in [-0.39, 0.29) is 24.5 Å². The number of ether oxygens (including phenoxy) is 2. The highest BCUT2D eigenvalue weighted by molar-refractivity contribution is 5.93. The monoisotopic (exact) mass is 330 g/mol. The Morgan fingerprint density at radius 2 is 2.12 bits per heavy atom.